The van der Waals surface area contributed by atoms with Gasteiger partial charge in [0.1, 0.15) is 0 Å². The Morgan fingerprint density at radius 3 is 2.67 bits per heavy atom. The van der Waals surface area contributed by atoms with Crippen molar-refractivity contribution in [2.45, 2.75) is 0 Å². The zero-order valence-corrected chi connectivity index (χ0v) is 12.6. The van der Waals surface area contributed by atoms with Gasteiger partial charge in [0, 0.05) is 32.5 Å². The quantitative estimate of drug-likeness (QED) is 0.646. The summed E-state index contributed by atoms with van der Waals surface area (Å²) in [6.07, 6.45) is 0. The Morgan fingerprint density at radius 2 is 2.00 bits per heavy atom. The topological polar surface area (TPSA) is 29.1 Å². The molecule has 0 atom stereocenters. The molecule has 2 aromatic carbocycles. The molecule has 0 aliphatic heterocycles. The molecule has 2 nitrogen and oxygen atoms in total. The lowest BCUT2D eigenvalue weighted by molar-refractivity contribution is 0.103. The fourth-order valence-corrected chi connectivity index (χ4v) is 2.39. The molecule has 0 radical (unpaired) electrons. The molecule has 2 aromatic rings. The van der Waals surface area contributed by atoms with E-state index in [1.54, 1.807) is 31.3 Å². The average Bonchev–Trinajstić information content (AvgIpc) is 2.38. The minimum atomic E-state index is -0.0274. The number of hydrogen-bond donors (Lipinski definition) is 1. The maximum atomic E-state index is 12.4. The first kappa shape index (κ1) is 13.4. The van der Waals surface area contributed by atoms with Crippen LogP contribution in [0.2, 0.25) is 5.02 Å². The van der Waals surface area contributed by atoms with Crippen molar-refractivity contribution in [1.82, 2.24) is 0 Å². The summed E-state index contributed by atoms with van der Waals surface area (Å²) in [4.78, 5) is 12.4. The van der Waals surface area contributed by atoms with Gasteiger partial charge in [-0.15, -0.1) is 0 Å². The van der Waals surface area contributed by atoms with E-state index >= 15 is 0 Å². The molecule has 0 fully saturated rings. The van der Waals surface area contributed by atoms with E-state index in [0.29, 0.717) is 16.1 Å². The fourth-order valence-electron chi connectivity index (χ4n) is 1.71. The number of anilines is 1. The summed E-state index contributed by atoms with van der Waals surface area (Å²) in [6, 6.07) is 12.7. The van der Waals surface area contributed by atoms with Gasteiger partial charge in [-0.2, -0.15) is 0 Å². The molecule has 92 valence electrons. The van der Waals surface area contributed by atoms with Crippen LogP contribution in [0.5, 0.6) is 0 Å². The van der Waals surface area contributed by atoms with E-state index in [1.807, 2.05) is 18.2 Å². The van der Waals surface area contributed by atoms with Crippen molar-refractivity contribution >= 4 is 45.7 Å². The third-order valence-electron chi connectivity index (χ3n) is 2.58. The number of carbonyl (C=O) groups excluding carboxylic acids is 1. The highest BCUT2D eigenvalue weighted by molar-refractivity contribution is 14.1. The highest BCUT2D eigenvalue weighted by atomic mass is 127. The second kappa shape index (κ2) is 5.71. The first-order valence-electron chi connectivity index (χ1n) is 5.39. The van der Waals surface area contributed by atoms with Crippen molar-refractivity contribution in [3.8, 4) is 0 Å². The van der Waals surface area contributed by atoms with Crippen LogP contribution in [0.1, 0.15) is 15.9 Å². The van der Waals surface area contributed by atoms with Crippen LogP contribution in [0, 0.1) is 3.57 Å². The maximum absolute atomic E-state index is 12.4. The number of halogens is 2. The van der Waals surface area contributed by atoms with Crippen LogP contribution in [0.3, 0.4) is 0 Å². The monoisotopic (exact) mass is 371 g/mol. The van der Waals surface area contributed by atoms with E-state index in [1.165, 1.54) is 0 Å². The summed E-state index contributed by atoms with van der Waals surface area (Å²) >= 11 is 8.10. The van der Waals surface area contributed by atoms with Gasteiger partial charge in [0.05, 0.1) is 0 Å². The number of benzene rings is 2. The van der Waals surface area contributed by atoms with Crippen molar-refractivity contribution < 1.29 is 4.79 Å². The van der Waals surface area contributed by atoms with E-state index in [0.717, 1.165) is 9.26 Å². The minimum Gasteiger partial charge on any atom is -0.388 e. The number of ketones is 1. The Bertz CT molecular complexity index is 598. The van der Waals surface area contributed by atoms with Crippen LogP contribution in [-0.2, 0) is 0 Å². The van der Waals surface area contributed by atoms with E-state index in [2.05, 4.69) is 27.9 Å². The van der Waals surface area contributed by atoms with Crippen LogP contribution in [0.4, 0.5) is 5.69 Å². The zero-order valence-electron chi connectivity index (χ0n) is 9.71. The lowest BCUT2D eigenvalue weighted by Crippen LogP contribution is -2.06. The molecule has 4 heteroatoms. The molecular weight excluding hydrogens is 361 g/mol. The van der Waals surface area contributed by atoms with E-state index < -0.39 is 0 Å². The van der Waals surface area contributed by atoms with Gasteiger partial charge in [-0.25, -0.2) is 0 Å². The zero-order chi connectivity index (χ0) is 13.1. The highest BCUT2D eigenvalue weighted by Gasteiger charge is 2.13. The van der Waals surface area contributed by atoms with Crippen LogP contribution < -0.4 is 5.32 Å². The largest absolute Gasteiger partial charge is 0.388 e. The van der Waals surface area contributed by atoms with Crippen LogP contribution >= 0.6 is 34.2 Å². The van der Waals surface area contributed by atoms with Gasteiger partial charge in [-0.3, -0.25) is 4.79 Å². The summed E-state index contributed by atoms with van der Waals surface area (Å²) in [5, 5.41) is 3.60. The molecule has 0 saturated heterocycles. The van der Waals surface area contributed by atoms with Gasteiger partial charge in [0.2, 0.25) is 0 Å². The molecule has 0 aliphatic rings. The molecule has 2 rings (SSSR count). The minimum absolute atomic E-state index is 0.0274. The van der Waals surface area contributed by atoms with E-state index in [-0.39, 0.29) is 5.78 Å². The number of hydrogen-bond acceptors (Lipinski definition) is 2. The van der Waals surface area contributed by atoms with Crippen molar-refractivity contribution in [2.75, 3.05) is 12.4 Å². The van der Waals surface area contributed by atoms with E-state index in [4.69, 9.17) is 11.6 Å². The van der Waals surface area contributed by atoms with Crippen molar-refractivity contribution in [2.24, 2.45) is 0 Å². The van der Waals surface area contributed by atoms with Crippen molar-refractivity contribution in [3.05, 3.63) is 62.2 Å². The summed E-state index contributed by atoms with van der Waals surface area (Å²) in [7, 11) is 1.80. The number of nitrogens with one attached hydrogen (secondary N) is 1. The summed E-state index contributed by atoms with van der Waals surface area (Å²) in [6.45, 7) is 0. The predicted octanol–water partition coefficient (Wildman–Crippen LogP) is 4.22. The molecule has 0 amide bonds. The van der Waals surface area contributed by atoms with E-state index in [9.17, 15) is 4.79 Å². The normalized spacial score (nSPS) is 10.2. The van der Waals surface area contributed by atoms with Gasteiger partial charge < -0.3 is 5.32 Å². The molecule has 0 aromatic heterocycles. The first-order valence-corrected chi connectivity index (χ1v) is 6.85. The molecule has 0 heterocycles. The van der Waals surface area contributed by atoms with Gasteiger partial charge in [0.25, 0.3) is 0 Å². The molecule has 0 bridgehead atoms. The van der Waals surface area contributed by atoms with Gasteiger partial charge in [-0.05, 0) is 52.9 Å². The smallest absolute Gasteiger partial charge is 0.195 e. The summed E-state index contributed by atoms with van der Waals surface area (Å²) in [5.74, 6) is -0.0274. The van der Waals surface area contributed by atoms with Gasteiger partial charge in [-0.1, -0.05) is 23.7 Å². The molecular formula is C14H11ClINO. The fraction of sp³-hybridized carbons (Fsp3) is 0.0714. The highest BCUT2D eigenvalue weighted by Crippen LogP contribution is 2.23. The molecule has 0 aliphatic carbocycles. The molecule has 0 spiro atoms. The Hall–Kier alpha value is -1.07. The number of carbonyl (C=O) groups is 1. The van der Waals surface area contributed by atoms with Crippen molar-refractivity contribution in [3.63, 3.8) is 0 Å². The summed E-state index contributed by atoms with van der Waals surface area (Å²) < 4.78 is 1.02. The van der Waals surface area contributed by atoms with Crippen LogP contribution in [-0.4, -0.2) is 12.8 Å². The second-order valence-corrected chi connectivity index (χ2v) is 5.46. The standard InChI is InChI=1S/C14H11ClINO/c1-17-13-6-5-11(16)8-12(13)14(18)9-3-2-4-10(15)7-9/h2-8,17H,1H3. The molecule has 18 heavy (non-hydrogen) atoms. The third-order valence-corrected chi connectivity index (χ3v) is 3.49. The average molecular weight is 372 g/mol. The number of rotatable bonds is 3. The predicted molar refractivity (Wildman–Crippen MR) is 83.6 cm³/mol. The SMILES string of the molecule is CNc1ccc(I)cc1C(=O)c1cccc(Cl)c1. The Kier molecular flexibility index (Phi) is 4.24. The lowest BCUT2D eigenvalue weighted by Gasteiger charge is -2.09. The Morgan fingerprint density at radius 1 is 1.22 bits per heavy atom. The maximum Gasteiger partial charge on any atom is 0.195 e. The molecule has 0 unspecified atom stereocenters. The lowest BCUT2D eigenvalue weighted by atomic mass is 10.0. The Labute approximate surface area is 124 Å². The second-order valence-electron chi connectivity index (χ2n) is 3.78. The third kappa shape index (κ3) is 2.84. The summed E-state index contributed by atoms with van der Waals surface area (Å²) in [5.41, 5.74) is 2.08. The van der Waals surface area contributed by atoms with Crippen LogP contribution in [0.25, 0.3) is 0 Å². The Balaban J connectivity index is 2.48. The van der Waals surface area contributed by atoms with Gasteiger partial charge in [0.15, 0.2) is 5.78 Å². The first-order chi connectivity index (χ1) is 8.61. The molecule has 0 saturated carbocycles. The van der Waals surface area contributed by atoms with Crippen molar-refractivity contribution in [1.29, 1.82) is 0 Å². The molecule has 1 N–H and O–H groups in total. The van der Waals surface area contributed by atoms with Crippen LogP contribution in [0.15, 0.2) is 42.5 Å². The van der Waals surface area contributed by atoms with Gasteiger partial charge >= 0.3 is 0 Å².